The minimum Gasteiger partial charge on any atom is -0.492 e. The molecule has 0 atom stereocenters. The molecular weight excluding hydrogens is 493 g/mol. The van der Waals surface area contributed by atoms with Crippen LogP contribution in [-0.4, -0.2) is 55.9 Å². The molecule has 3 rings (SSSR count). The van der Waals surface area contributed by atoms with E-state index in [9.17, 15) is 18.0 Å². The molecular formula is C21H24ClF3N6O4. The third-order valence-corrected chi connectivity index (χ3v) is 4.72. The minimum atomic E-state index is -5.08. The number of halogens is 4. The molecule has 0 bridgehead atoms. The van der Waals surface area contributed by atoms with Crippen LogP contribution in [0.5, 0.6) is 5.75 Å². The number of carbonyl (C=O) groups is 2. The van der Waals surface area contributed by atoms with Gasteiger partial charge in [-0.15, -0.1) is 0 Å². The fourth-order valence-electron chi connectivity index (χ4n) is 2.97. The highest BCUT2D eigenvalue weighted by Gasteiger charge is 2.38. The number of nitrogens with two attached hydrogens (primary N) is 1. The van der Waals surface area contributed by atoms with E-state index in [1.54, 1.807) is 40.8 Å². The number of aliphatic carboxylic acids is 1. The summed E-state index contributed by atoms with van der Waals surface area (Å²) in [5.41, 5.74) is 8.88. The number of aromatic nitrogens is 4. The Morgan fingerprint density at radius 3 is 2.46 bits per heavy atom. The second-order valence-electron chi connectivity index (χ2n) is 7.06. The van der Waals surface area contributed by atoms with Gasteiger partial charge in [0.25, 0.3) is 5.91 Å². The average Bonchev–Trinajstić information content (AvgIpc) is 3.33. The third-order valence-electron chi connectivity index (χ3n) is 4.44. The molecule has 3 aromatic rings. The van der Waals surface area contributed by atoms with Gasteiger partial charge >= 0.3 is 12.1 Å². The molecule has 0 aliphatic carbocycles. The van der Waals surface area contributed by atoms with Crippen LogP contribution >= 0.6 is 11.6 Å². The van der Waals surface area contributed by atoms with E-state index in [0.29, 0.717) is 47.5 Å². The minimum absolute atomic E-state index is 0.236. The van der Waals surface area contributed by atoms with E-state index < -0.39 is 12.1 Å². The summed E-state index contributed by atoms with van der Waals surface area (Å²) in [4.78, 5) is 21.6. The maximum atomic E-state index is 12.7. The first-order chi connectivity index (χ1) is 16.4. The quantitative estimate of drug-likeness (QED) is 0.437. The van der Waals surface area contributed by atoms with Crippen LogP contribution in [0.15, 0.2) is 30.5 Å². The maximum Gasteiger partial charge on any atom is 0.490 e. The number of nitrogens with one attached hydrogen (secondary N) is 1. The van der Waals surface area contributed by atoms with Gasteiger partial charge in [0.2, 0.25) is 0 Å². The summed E-state index contributed by atoms with van der Waals surface area (Å²) >= 11 is 6.32. The first-order valence-corrected chi connectivity index (χ1v) is 10.6. The second-order valence-corrected chi connectivity index (χ2v) is 7.46. The molecule has 14 heteroatoms. The Hall–Kier alpha value is -3.58. The zero-order valence-electron chi connectivity index (χ0n) is 19.1. The van der Waals surface area contributed by atoms with Crippen LogP contribution in [0.25, 0.3) is 11.3 Å². The molecule has 2 heterocycles. The summed E-state index contributed by atoms with van der Waals surface area (Å²) in [5, 5.41) is 19.0. The van der Waals surface area contributed by atoms with Crippen LogP contribution in [0.1, 0.15) is 23.1 Å². The first-order valence-electron chi connectivity index (χ1n) is 10.2. The van der Waals surface area contributed by atoms with Crippen LogP contribution in [0.4, 0.5) is 18.9 Å². The lowest BCUT2D eigenvalue weighted by molar-refractivity contribution is -0.192. The van der Waals surface area contributed by atoms with Gasteiger partial charge < -0.3 is 20.9 Å². The van der Waals surface area contributed by atoms with Crippen LogP contribution in [0.3, 0.4) is 0 Å². The molecule has 190 valence electrons. The summed E-state index contributed by atoms with van der Waals surface area (Å²) in [6.45, 7) is 5.16. The fraction of sp³-hybridized carbons (Fsp3) is 0.333. The van der Waals surface area contributed by atoms with Gasteiger partial charge in [-0.3, -0.25) is 14.2 Å². The number of carbonyl (C=O) groups excluding carboxylic acids is 1. The van der Waals surface area contributed by atoms with Gasteiger partial charge in [0.05, 0.1) is 22.6 Å². The largest absolute Gasteiger partial charge is 0.492 e. The first kappa shape index (κ1) is 27.7. The van der Waals surface area contributed by atoms with Crippen molar-refractivity contribution < 1.29 is 32.6 Å². The third kappa shape index (κ3) is 7.20. The molecule has 0 spiro atoms. The lowest BCUT2D eigenvalue weighted by Gasteiger charge is -2.14. The molecule has 4 N–H and O–H groups in total. The van der Waals surface area contributed by atoms with Crippen molar-refractivity contribution in [2.45, 2.75) is 26.6 Å². The van der Waals surface area contributed by atoms with E-state index in [2.05, 4.69) is 15.5 Å². The predicted octanol–water partition coefficient (Wildman–Crippen LogP) is 3.49. The fourth-order valence-corrected chi connectivity index (χ4v) is 3.23. The smallest absolute Gasteiger partial charge is 0.490 e. The van der Waals surface area contributed by atoms with Crippen LogP contribution in [0.2, 0.25) is 5.02 Å². The lowest BCUT2D eigenvalue weighted by atomic mass is 10.1. The molecule has 2 aromatic heterocycles. The molecule has 10 nitrogen and oxygen atoms in total. The van der Waals surface area contributed by atoms with Crippen LogP contribution in [-0.2, 0) is 18.4 Å². The maximum absolute atomic E-state index is 12.7. The summed E-state index contributed by atoms with van der Waals surface area (Å²) in [5.74, 6) is -2.38. The molecule has 0 saturated carbocycles. The van der Waals surface area contributed by atoms with E-state index in [1.165, 1.54) is 0 Å². The number of hydrogen-bond acceptors (Lipinski definition) is 6. The Morgan fingerprint density at radius 2 is 1.94 bits per heavy atom. The van der Waals surface area contributed by atoms with Crippen molar-refractivity contribution >= 4 is 29.2 Å². The molecule has 1 amide bonds. The number of anilines is 1. The number of aryl methyl sites for hydroxylation is 3. The number of carboxylic acid groups (broad SMARTS) is 1. The Labute approximate surface area is 203 Å². The van der Waals surface area contributed by atoms with Gasteiger partial charge in [-0.1, -0.05) is 11.6 Å². The van der Waals surface area contributed by atoms with Crippen molar-refractivity contribution in [3.05, 3.63) is 46.9 Å². The van der Waals surface area contributed by atoms with Crippen molar-refractivity contribution in [1.29, 1.82) is 0 Å². The average molecular weight is 517 g/mol. The number of rotatable bonds is 7. The number of carboxylic acids is 1. The number of ether oxygens (including phenoxy) is 1. The van der Waals surface area contributed by atoms with Gasteiger partial charge in [-0.05, 0) is 38.1 Å². The Balaban J connectivity index is 0.000000540. The molecule has 0 fully saturated rings. The highest BCUT2D eigenvalue weighted by atomic mass is 35.5. The van der Waals surface area contributed by atoms with Crippen molar-refractivity contribution in [2.24, 2.45) is 12.8 Å². The molecule has 0 radical (unpaired) electrons. The molecule has 0 aliphatic rings. The van der Waals surface area contributed by atoms with Crippen molar-refractivity contribution in [3.63, 3.8) is 0 Å². The van der Waals surface area contributed by atoms with Gasteiger partial charge in [0, 0.05) is 31.4 Å². The van der Waals surface area contributed by atoms with Crippen LogP contribution < -0.4 is 15.8 Å². The molecule has 1 aromatic carbocycles. The van der Waals surface area contributed by atoms with E-state index >= 15 is 0 Å². The number of benzene rings is 1. The van der Waals surface area contributed by atoms with E-state index in [-0.39, 0.29) is 5.91 Å². The molecule has 0 aliphatic heterocycles. The van der Waals surface area contributed by atoms with Gasteiger partial charge in [-0.2, -0.15) is 23.4 Å². The number of amides is 1. The number of hydrogen-bond donors (Lipinski definition) is 3. The molecule has 35 heavy (non-hydrogen) atoms. The zero-order valence-corrected chi connectivity index (χ0v) is 19.8. The SMILES string of the molecule is CCn1nc(C)cc1C(=O)Nc1ccc(OCCN)c(-c2c(Cl)cnn2C)c1.O=C(O)C(F)(F)F. The van der Waals surface area contributed by atoms with Gasteiger partial charge in [0.15, 0.2) is 0 Å². The molecule has 0 saturated heterocycles. The normalized spacial score (nSPS) is 11.0. The van der Waals surface area contributed by atoms with E-state index in [1.807, 2.05) is 19.9 Å². The monoisotopic (exact) mass is 516 g/mol. The second kappa shape index (κ2) is 11.7. The van der Waals surface area contributed by atoms with E-state index in [4.69, 9.17) is 32.0 Å². The van der Waals surface area contributed by atoms with Crippen molar-refractivity contribution in [1.82, 2.24) is 19.6 Å². The number of nitrogens with zero attached hydrogens (tertiary/aromatic N) is 4. The summed E-state index contributed by atoms with van der Waals surface area (Å²) < 4.78 is 40.8. The predicted molar refractivity (Wildman–Crippen MR) is 122 cm³/mol. The standard InChI is InChI=1S/C19H23ClN6O2.C2HF3O2/c1-4-26-16(9-12(2)24-26)19(27)23-13-5-6-17(28-8-7-21)14(10-13)18-15(20)11-22-25(18)3;3-2(4,5)1(6)7/h5-6,9-11H,4,7-8,21H2,1-3H3,(H,23,27);(H,6,7). The highest BCUT2D eigenvalue weighted by molar-refractivity contribution is 6.33. The van der Waals surface area contributed by atoms with Gasteiger partial charge in [-0.25, -0.2) is 4.79 Å². The van der Waals surface area contributed by atoms with Crippen molar-refractivity contribution in [3.8, 4) is 17.0 Å². The van der Waals surface area contributed by atoms with Crippen LogP contribution in [0, 0.1) is 6.92 Å². The van der Waals surface area contributed by atoms with Crippen molar-refractivity contribution in [2.75, 3.05) is 18.5 Å². The topological polar surface area (TPSA) is 137 Å². The summed E-state index contributed by atoms with van der Waals surface area (Å²) in [7, 11) is 1.79. The zero-order chi connectivity index (χ0) is 26.3. The summed E-state index contributed by atoms with van der Waals surface area (Å²) in [6.07, 6.45) is -3.52. The Morgan fingerprint density at radius 1 is 1.29 bits per heavy atom. The molecule has 0 unspecified atom stereocenters. The highest BCUT2D eigenvalue weighted by Crippen LogP contribution is 2.36. The Kier molecular flexibility index (Phi) is 9.25. The van der Waals surface area contributed by atoms with Gasteiger partial charge in [0.1, 0.15) is 18.1 Å². The number of alkyl halides is 3. The lowest BCUT2D eigenvalue weighted by Crippen LogP contribution is -2.21. The van der Waals surface area contributed by atoms with E-state index in [0.717, 1.165) is 11.3 Å². The Bertz CT molecular complexity index is 1170. The summed E-state index contributed by atoms with van der Waals surface area (Å²) in [6, 6.07) is 7.13.